The van der Waals surface area contributed by atoms with Crippen molar-refractivity contribution in [2.75, 3.05) is 26.7 Å². The largest absolute Gasteiger partial charge is 0.496 e. The molecule has 1 aliphatic carbocycles. The highest BCUT2D eigenvalue weighted by molar-refractivity contribution is 5.57. The van der Waals surface area contributed by atoms with Crippen molar-refractivity contribution in [2.45, 2.75) is 25.0 Å². The second-order valence-electron chi connectivity index (χ2n) is 6.49. The summed E-state index contributed by atoms with van der Waals surface area (Å²) in [5.41, 5.74) is 1.09. The maximum atomic E-state index is 9.80. The van der Waals surface area contributed by atoms with Gasteiger partial charge < -0.3 is 14.9 Å². The summed E-state index contributed by atoms with van der Waals surface area (Å²) in [6, 6.07) is 7.99. The summed E-state index contributed by atoms with van der Waals surface area (Å²) in [4.78, 5) is 2.41. The van der Waals surface area contributed by atoms with E-state index in [-0.39, 0.29) is 0 Å². The zero-order chi connectivity index (χ0) is 15.5. The van der Waals surface area contributed by atoms with Gasteiger partial charge in [0.05, 0.1) is 19.3 Å². The van der Waals surface area contributed by atoms with Gasteiger partial charge in [-0.15, -0.1) is 0 Å². The van der Waals surface area contributed by atoms with Crippen LogP contribution in [0, 0.1) is 11.8 Å². The van der Waals surface area contributed by atoms with E-state index in [1.807, 2.05) is 24.3 Å². The topological polar surface area (TPSA) is 52.9 Å². The molecule has 3 rings (SSSR count). The van der Waals surface area contributed by atoms with Crippen LogP contribution in [0.2, 0.25) is 0 Å². The third-order valence-electron chi connectivity index (χ3n) is 4.98. The van der Waals surface area contributed by atoms with Crippen LogP contribution in [0.5, 0.6) is 5.75 Å². The Kier molecular flexibility index (Phi) is 4.81. The van der Waals surface area contributed by atoms with Crippen molar-refractivity contribution in [1.29, 1.82) is 0 Å². The molecule has 0 bridgehead atoms. The van der Waals surface area contributed by atoms with E-state index in [2.05, 4.69) is 17.1 Å². The lowest BCUT2D eigenvalue weighted by Gasteiger charge is -2.32. The summed E-state index contributed by atoms with van der Waals surface area (Å²) in [6.45, 7) is 2.94. The van der Waals surface area contributed by atoms with Gasteiger partial charge in [-0.3, -0.25) is 4.90 Å². The van der Waals surface area contributed by atoms with E-state index < -0.39 is 12.2 Å². The highest BCUT2D eigenvalue weighted by Crippen LogP contribution is 2.36. The SMILES string of the molecule is COc1ccccc1/C=C/CN1C[C@H]2C[C@H](O)[C@H](O)C[C@H]2C1. The number of aliphatic hydroxyl groups excluding tert-OH is 2. The minimum Gasteiger partial charge on any atom is -0.496 e. The molecule has 0 unspecified atom stereocenters. The van der Waals surface area contributed by atoms with Gasteiger partial charge in [0.2, 0.25) is 0 Å². The minimum atomic E-state index is -0.537. The molecular weight excluding hydrogens is 278 g/mol. The van der Waals surface area contributed by atoms with Gasteiger partial charge in [0.25, 0.3) is 0 Å². The van der Waals surface area contributed by atoms with Gasteiger partial charge in [-0.05, 0) is 30.7 Å². The monoisotopic (exact) mass is 303 g/mol. The Morgan fingerprint density at radius 1 is 1.14 bits per heavy atom. The Labute approximate surface area is 132 Å². The number of hydrogen-bond donors (Lipinski definition) is 2. The second-order valence-corrected chi connectivity index (χ2v) is 6.49. The average Bonchev–Trinajstić information content (AvgIpc) is 2.90. The first-order valence-electron chi connectivity index (χ1n) is 8.05. The van der Waals surface area contributed by atoms with Crippen LogP contribution >= 0.6 is 0 Å². The van der Waals surface area contributed by atoms with Crippen LogP contribution < -0.4 is 4.74 Å². The average molecular weight is 303 g/mol. The Hall–Kier alpha value is -1.36. The number of benzene rings is 1. The zero-order valence-electron chi connectivity index (χ0n) is 13.1. The smallest absolute Gasteiger partial charge is 0.126 e. The molecule has 4 atom stereocenters. The molecule has 1 saturated carbocycles. The van der Waals surface area contributed by atoms with Gasteiger partial charge in [0.1, 0.15) is 5.75 Å². The maximum absolute atomic E-state index is 9.80. The fourth-order valence-electron chi connectivity index (χ4n) is 3.79. The van der Waals surface area contributed by atoms with Crippen LogP contribution in [-0.2, 0) is 0 Å². The van der Waals surface area contributed by atoms with Gasteiger partial charge in [-0.25, -0.2) is 0 Å². The molecule has 0 radical (unpaired) electrons. The number of aliphatic hydroxyl groups is 2. The molecule has 0 spiro atoms. The molecule has 2 N–H and O–H groups in total. The van der Waals surface area contributed by atoms with E-state index in [0.29, 0.717) is 11.8 Å². The highest BCUT2D eigenvalue weighted by Gasteiger charge is 2.40. The molecule has 120 valence electrons. The van der Waals surface area contributed by atoms with Gasteiger partial charge >= 0.3 is 0 Å². The number of methoxy groups -OCH3 is 1. The summed E-state index contributed by atoms with van der Waals surface area (Å²) in [5.74, 6) is 1.94. The number of likely N-dealkylation sites (tertiary alicyclic amines) is 1. The Balaban J connectivity index is 1.56. The minimum absolute atomic E-state index is 0.526. The summed E-state index contributed by atoms with van der Waals surface area (Å²) in [5, 5.41) is 19.6. The second kappa shape index (κ2) is 6.82. The molecule has 1 aliphatic heterocycles. The molecule has 4 heteroatoms. The number of ether oxygens (including phenoxy) is 1. The van der Waals surface area contributed by atoms with E-state index in [1.54, 1.807) is 7.11 Å². The van der Waals surface area contributed by atoms with Gasteiger partial charge in [-0.2, -0.15) is 0 Å². The van der Waals surface area contributed by atoms with E-state index in [4.69, 9.17) is 4.74 Å². The summed E-state index contributed by atoms with van der Waals surface area (Å²) in [6.07, 6.45) is 4.67. The third-order valence-corrected chi connectivity index (χ3v) is 4.98. The lowest BCUT2D eigenvalue weighted by Crippen LogP contribution is -2.38. The van der Waals surface area contributed by atoms with Crippen molar-refractivity contribution < 1.29 is 14.9 Å². The van der Waals surface area contributed by atoms with Crippen LogP contribution in [0.1, 0.15) is 18.4 Å². The van der Waals surface area contributed by atoms with Crippen LogP contribution in [0.3, 0.4) is 0 Å². The predicted octanol–water partition coefficient (Wildman–Crippen LogP) is 1.77. The van der Waals surface area contributed by atoms with Crippen LogP contribution in [0.15, 0.2) is 30.3 Å². The molecule has 0 amide bonds. The molecule has 0 aromatic heterocycles. The first kappa shape index (κ1) is 15.5. The summed E-state index contributed by atoms with van der Waals surface area (Å²) in [7, 11) is 1.69. The molecule has 2 fully saturated rings. The molecule has 22 heavy (non-hydrogen) atoms. The molecule has 4 nitrogen and oxygen atoms in total. The molecule has 1 saturated heterocycles. The number of nitrogens with zero attached hydrogens (tertiary/aromatic N) is 1. The van der Waals surface area contributed by atoms with E-state index >= 15 is 0 Å². The van der Waals surface area contributed by atoms with Crippen LogP contribution in [-0.4, -0.2) is 54.1 Å². The Morgan fingerprint density at radius 2 is 1.77 bits per heavy atom. The van der Waals surface area contributed by atoms with Gasteiger partial charge in [0, 0.05) is 25.2 Å². The molecule has 2 aliphatic rings. The molecule has 1 aromatic rings. The van der Waals surface area contributed by atoms with Crippen molar-refractivity contribution in [1.82, 2.24) is 4.90 Å². The number of fused-ring (bicyclic) bond motifs is 1. The molecule has 1 heterocycles. The maximum Gasteiger partial charge on any atom is 0.126 e. The van der Waals surface area contributed by atoms with Crippen molar-refractivity contribution in [3.05, 3.63) is 35.9 Å². The fraction of sp³-hybridized carbons (Fsp3) is 0.556. The zero-order valence-corrected chi connectivity index (χ0v) is 13.1. The first-order chi connectivity index (χ1) is 10.7. The predicted molar refractivity (Wildman–Crippen MR) is 86.7 cm³/mol. The number of para-hydroxylation sites is 1. The van der Waals surface area contributed by atoms with Crippen molar-refractivity contribution in [2.24, 2.45) is 11.8 Å². The first-order valence-corrected chi connectivity index (χ1v) is 8.05. The normalized spacial score (nSPS) is 32.3. The summed E-state index contributed by atoms with van der Waals surface area (Å²) < 4.78 is 5.35. The fourth-order valence-corrected chi connectivity index (χ4v) is 3.79. The third kappa shape index (κ3) is 3.35. The van der Waals surface area contributed by atoms with Gasteiger partial charge in [-0.1, -0.05) is 30.4 Å². The van der Waals surface area contributed by atoms with E-state index in [0.717, 1.165) is 43.8 Å². The number of hydrogen-bond acceptors (Lipinski definition) is 4. The Bertz CT molecular complexity index is 513. The van der Waals surface area contributed by atoms with E-state index in [1.165, 1.54) is 0 Å². The molecular formula is C18H25NO3. The lowest BCUT2D eigenvalue weighted by atomic mass is 9.79. The van der Waals surface area contributed by atoms with E-state index in [9.17, 15) is 10.2 Å². The van der Waals surface area contributed by atoms with Crippen molar-refractivity contribution >= 4 is 6.08 Å². The summed E-state index contributed by atoms with van der Waals surface area (Å²) >= 11 is 0. The Morgan fingerprint density at radius 3 is 2.41 bits per heavy atom. The number of rotatable bonds is 4. The van der Waals surface area contributed by atoms with Crippen molar-refractivity contribution in [3.8, 4) is 5.75 Å². The van der Waals surface area contributed by atoms with Crippen LogP contribution in [0.25, 0.3) is 6.08 Å². The highest BCUT2D eigenvalue weighted by atomic mass is 16.5. The van der Waals surface area contributed by atoms with Gasteiger partial charge in [0.15, 0.2) is 0 Å². The standard InChI is InChI=1S/C18H25NO3/c1-22-18-7-3-2-5-13(18)6-4-8-19-11-14-9-16(20)17(21)10-15(14)12-19/h2-7,14-17,20-21H,8-12H2,1H3/b6-4+/t14-,15+,16+,17-. The van der Waals surface area contributed by atoms with Crippen molar-refractivity contribution in [3.63, 3.8) is 0 Å². The molecule has 1 aromatic carbocycles. The quantitative estimate of drug-likeness (QED) is 0.890. The lowest BCUT2D eigenvalue weighted by molar-refractivity contribution is -0.0372. The van der Waals surface area contributed by atoms with Crippen LogP contribution in [0.4, 0.5) is 0 Å².